The third kappa shape index (κ3) is 4.80. The van der Waals surface area contributed by atoms with Crippen LogP contribution in [0.25, 0.3) is 17.3 Å². The predicted octanol–water partition coefficient (Wildman–Crippen LogP) is 4.82. The summed E-state index contributed by atoms with van der Waals surface area (Å²) in [6, 6.07) is 18.2. The van der Waals surface area contributed by atoms with E-state index < -0.39 is 0 Å². The van der Waals surface area contributed by atoms with E-state index in [1.54, 1.807) is 60.5 Å². The molecule has 2 aromatic heterocycles. The molecule has 0 fully saturated rings. The second kappa shape index (κ2) is 9.38. The highest BCUT2D eigenvalue weighted by molar-refractivity contribution is 6.04. The van der Waals surface area contributed by atoms with Crippen molar-refractivity contribution in [1.29, 1.82) is 0 Å². The van der Waals surface area contributed by atoms with Gasteiger partial charge in [0.15, 0.2) is 5.76 Å². The molecule has 0 saturated carbocycles. The molecule has 0 aliphatic heterocycles. The number of rotatable bonds is 8. The van der Waals surface area contributed by atoms with E-state index in [0.29, 0.717) is 41.1 Å². The van der Waals surface area contributed by atoms with Crippen LogP contribution < -0.4 is 14.8 Å². The fourth-order valence-electron chi connectivity index (χ4n) is 2.99. The number of nitrogens with zero attached hydrogens (tertiary/aromatic N) is 3. The zero-order valence-electron chi connectivity index (χ0n) is 18.1. The van der Waals surface area contributed by atoms with Crippen LogP contribution in [0.5, 0.6) is 11.8 Å². The average Bonchev–Trinajstić information content (AvgIpc) is 3.48. The molecule has 0 unspecified atom stereocenters. The van der Waals surface area contributed by atoms with Gasteiger partial charge in [-0.1, -0.05) is 19.9 Å². The van der Waals surface area contributed by atoms with Crippen LogP contribution in [0.3, 0.4) is 0 Å². The van der Waals surface area contributed by atoms with Crippen LogP contribution in [-0.4, -0.2) is 34.4 Å². The van der Waals surface area contributed by atoms with E-state index in [1.165, 1.54) is 0 Å². The van der Waals surface area contributed by atoms with E-state index in [1.807, 2.05) is 18.2 Å². The summed E-state index contributed by atoms with van der Waals surface area (Å²) < 4.78 is 18.1. The minimum atomic E-state index is -0.224. The van der Waals surface area contributed by atoms with E-state index in [0.717, 1.165) is 5.69 Å². The van der Waals surface area contributed by atoms with Crippen LogP contribution in [0.4, 0.5) is 5.69 Å². The van der Waals surface area contributed by atoms with Crippen molar-refractivity contribution in [2.45, 2.75) is 13.8 Å². The minimum Gasteiger partial charge on any atom is -0.497 e. The van der Waals surface area contributed by atoms with E-state index in [4.69, 9.17) is 13.9 Å². The van der Waals surface area contributed by atoms with Crippen molar-refractivity contribution in [2.24, 2.45) is 5.92 Å². The Bertz CT molecular complexity index is 1180. The van der Waals surface area contributed by atoms with Crippen molar-refractivity contribution in [3.05, 3.63) is 72.5 Å². The van der Waals surface area contributed by atoms with Crippen LogP contribution >= 0.6 is 0 Å². The highest BCUT2D eigenvalue weighted by Crippen LogP contribution is 2.25. The van der Waals surface area contributed by atoms with Crippen molar-refractivity contribution >= 4 is 11.6 Å². The number of amides is 1. The lowest BCUT2D eigenvalue weighted by Crippen LogP contribution is -2.12. The van der Waals surface area contributed by atoms with Crippen LogP contribution in [0.2, 0.25) is 0 Å². The zero-order valence-corrected chi connectivity index (χ0v) is 18.1. The Morgan fingerprint density at radius 3 is 2.62 bits per heavy atom. The molecule has 0 radical (unpaired) electrons. The summed E-state index contributed by atoms with van der Waals surface area (Å²) in [6.07, 6.45) is 1.58. The van der Waals surface area contributed by atoms with Crippen LogP contribution in [-0.2, 0) is 0 Å². The summed E-state index contributed by atoms with van der Waals surface area (Å²) >= 11 is 0. The van der Waals surface area contributed by atoms with E-state index in [-0.39, 0.29) is 11.9 Å². The first-order chi connectivity index (χ1) is 15.5. The van der Waals surface area contributed by atoms with Crippen LogP contribution in [0.15, 0.2) is 71.3 Å². The molecule has 1 N–H and O–H groups in total. The monoisotopic (exact) mass is 432 g/mol. The summed E-state index contributed by atoms with van der Waals surface area (Å²) in [7, 11) is 1.57. The number of nitrogens with one attached hydrogen (secondary N) is 1. The Kier molecular flexibility index (Phi) is 6.21. The van der Waals surface area contributed by atoms with E-state index in [9.17, 15) is 4.79 Å². The maximum absolute atomic E-state index is 12.6. The van der Waals surface area contributed by atoms with Crippen molar-refractivity contribution < 1.29 is 18.7 Å². The molecule has 0 aliphatic rings. The first-order valence-corrected chi connectivity index (χ1v) is 10.2. The van der Waals surface area contributed by atoms with Gasteiger partial charge >= 0.3 is 6.01 Å². The summed E-state index contributed by atoms with van der Waals surface area (Å²) in [6.45, 7) is 4.63. The molecule has 0 spiro atoms. The Morgan fingerprint density at radius 1 is 1.12 bits per heavy atom. The second-order valence-corrected chi connectivity index (χ2v) is 7.54. The molecule has 164 valence electrons. The smallest absolute Gasteiger partial charge is 0.336 e. The van der Waals surface area contributed by atoms with Gasteiger partial charge in [-0.25, -0.2) is 4.68 Å². The molecular weight excluding hydrogens is 408 g/mol. The Labute approximate surface area is 185 Å². The number of hydrogen-bond donors (Lipinski definition) is 1. The van der Waals surface area contributed by atoms with Crippen molar-refractivity contribution in [1.82, 2.24) is 14.8 Å². The van der Waals surface area contributed by atoms with Crippen molar-refractivity contribution in [2.75, 3.05) is 19.0 Å². The average molecular weight is 432 g/mol. The van der Waals surface area contributed by atoms with Gasteiger partial charge in [-0.2, -0.15) is 4.98 Å². The van der Waals surface area contributed by atoms with Gasteiger partial charge in [-0.05, 0) is 60.5 Å². The van der Waals surface area contributed by atoms with Gasteiger partial charge in [0.05, 0.1) is 25.7 Å². The van der Waals surface area contributed by atoms with Crippen molar-refractivity contribution in [3.8, 4) is 29.0 Å². The fraction of sp³-hybridized carbons (Fsp3) is 0.208. The Morgan fingerprint density at radius 2 is 1.94 bits per heavy atom. The van der Waals surface area contributed by atoms with Gasteiger partial charge in [-0.3, -0.25) is 4.79 Å². The Hall–Kier alpha value is -4.07. The molecule has 2 heterocycles. The number of ether oxygens (including phenoxy) is 2. The van der Waals surface area contributed by atoms with Gasteiger partial charge in [-0.15, -0.1) is 5.10 Å². The largest absolute Gasteiger partial charge is 0.497 e. The number of anilines is 1. The number of aromatic nitrogens is 3. The highest BCUT2D eigenvalue weighted by Gasteiger charge is 2.17. The molecule has 0 bridgehead atoms. The van der Waals surface area contributed by atoms with Gasteiger partial charge < -0.3 is 19.2 Å². The molecule has 8 heteroatoms. The summed E-state index contributed by atoms with van der Waals surface area (Å²) in [4.78, 5) is 17.0. The number of hydrogen-bond acceptors (Lipinski definition) is 6. The van der Waals surface area contributed by atoms with Crippen LogP contribution in [0, 0.1) is 5.92 Å². The maximum Gasteiger partial charge on any atom is 0.336 e. The molecule has 0 aliphatic carbocycles. The number of benzene rings is 2. The van der Waals surface area contributed by atoms with Gasteiger partial charge in [0.1, 0.15) is 5.75 Å². The standard InChI is InChI=1S/C24H24N4O4/c1-16(2)15-32-24-26-22(21-8-5-13-31-21)28(27-24)19-11-9-18(10-12-19)25-23(29)17-6-4-7-20(14-17)30-3/h4-14,16H,15H2,1-3H3,(H,25,29). The second-order valence-electron chi connectivity index (χ2n) is 7.54. The molecule has 8 nitrogen and oxygen atoms in total. The lowest BCUT2D eigenvalue weighted by Gasteiger charge is -2.08. The third-order valence-corrected chi connectivity index (χ3v) is 4.58. The van der Waals surface area contributed by atoms with Gasteiger partial charge in [0.2, 0.25) is 5.82 Å². The third-order valence-electron chi connectivity index (χ3n) is 4.58. The normalized spacial score (nSPS) is 10.9. The number of methoxy groups -OCH3 is 1. The molecule has 1 amide bonds. The zero-order chi connectivity index (χ0) is 22.5. The molecular formula is C24H24N4O4. The van der Waals surface area contributed by atoms with Gasteiger partial charge in [0, 0.05) is 11.3 Å². The van der Waals surface area contributed by atoms with Gasteiger partial charge in [0.25, 0.3) is 5.91 Å². The molecule has 4 aromatic rings. The summed E-state index contributed by atoms with van der Waals surface area (Å²) in [5.74, 6) is 1.86. The number of carbonyl (C=O) groups excluding carboxylic acids is 1. The Balaban J connectivity index is 1.56. The molecule has 0 atom stereocenters. The lowest BCUT2D eigenvalue weighted by atomic mass is 10.2. The van der Waals surface area contributed by atoms with Crippen LogP contribution in [0.1, 0.15) is 24.2 Å². The fourth-order valence-corrected chi connectivity index (χ4v) is 2.99. The SMILES string of the molecule is COc1cccc(C(=O)Nc2ccc(-n3nc(OCC(C)C)nc3-c3ccco3)cc2)c1. The minimum absolute atomic E-state index is 0.224. The van der Waals surface area contributed by atoms with E-state index in [2.05, 4.69) is 29.2 Å². The van der Waals surface area contributed by atoms with E-state index >= 15 is 0 Å². The number of furan rings is 1. The maximum atomic E-state index is 12.6. The number of carbonyl (C=O) groups is 1. The topological polar surface area (TPSA) is 91.4 Å². The molecule has 4 rings (SSSR count). The lowest BCUT2D eigenvalue weighted by molar-refractivity contribution is 0.102. The summed E-state index contributed by atoms with van der Waals surface area (Å²) in [5.41, 5.74) is 1.91. The summed E-state index contributed by atoms with van der Waals surface area (Å²) in [5, 5.41) is 7.37. The van der Waals surface area contributed by atoms with Crippen molar-refractivity contribution in [3.63, 3.8) is 0 Å². The quantitative estimate of drug-likeness (QED) is 0.429. The molecule has 2 aromatic carbocycles. The predicted molar refractivity (Wildman–Crippen MR) is 120 cm³/mol. The molecule has 0 saturated heterocycles. The highest BCUT2D eigenvalue weighted by atomic mass is 16.5. The first kappa shape index (κ1) is 21.2. The first-order valence-electron chi connectivity index (χ1n) is 10.2. The molecule has 32 heavy (non-hydrogen) atoms.